The summed E-state index contributed by atoms with van der Waals surface area (Å²) < 4.78 is 0. The standard InChI is InChI=1S/C15H15ClN2O2/c1-17(10-12-5-3-2-4-6-12)11-13-7-8-14(16)15(9-13)18(19)20/h2-9H,10-11H2,1H3. The first kappa shape index (κ1) is 14.5. The van der Waals surface area contributed by atoms with Crippen LogP contribution in [0.2, 0.25) is 5.02 Å². The topological polar surface area (TPSA) is 46.4 Å². The van der Waals surface area contributed by atoms with Crippen LogP contribution in [0.25, 0.3) is 0 Å². The average Bonchev–Trinajstić information content (AvgIpc) is 2.41. The van der Waals surface area contributed by atoms with Gasteiger partial charge in [0, 0.05) is 19.2 Å². The van der Waals surface area contributed by atoms with Gasteiger partial charge in [-0.15, -0.1) is 0 Å². The van der Waals surface area contributed by atoms with Crippen molar-refractivity contribution in [2.45, 2.75) is 13.1 Å². The Balaban J connectivity index is 2.06. The molecular weight excluding hydrogens is 276 g/mol. The number of nitrogens with zero attached hydrogens (tertiary/aromatic N) is 2. The van der Waals surface area contributed by atoms with E-state index in [9.17, 15) is 10.1 Å². The van der Waals surface area contributed by atoms with Crippen LogP contribution in [-0.4, -0.2) is 16.9 Å². The Labute approximate surface area is 122 Å². The molecule has 0 N–H and O–H groups in total. The maximum atomic E-state index is 10.9. The molecule has 104 valence electrons. The van der Waals surface area contributed by atoms with E-state index in [1.165, 1.54) is 11.6 Å². The van der Waals surface area contributed by atoms with Crippen molar-refractivity contribution < 1.29 is 4.92 Å². The highest BCUT2D eigenvalue weighted by Crippen LogP contribution is 2.25. The third-order valence-corrected chi connectivity index (χ3v) is 3.27. The second-order valence-electron chi connectivity index (χ2n) is 4.70. The van der Waals surface area contributed by atoms with Crippen LogP contribution >= 0.6 is 11.6 Å². The van der Waals surface area contributed by atoms with Crippen LogP contribution in [0.5, 0.6) is 0 Å². The fraction of sp³-hybridized carbons (Fsp3) is 0.200. The highest BCUT2D eigenvalue weighted by Gasteiger charge is 2.13. The molecule has 0 aliphatic rings. The number of hydrogen-bond acceptors (Lipinski definition) is 3. The van der Waals surface area contributed by atoms with Gasteiger partial charge in [-0.3, -0.25) is 15.0 Å². The molecule has 0 bridgehead atoms. The second kappa shape index (κ2) is 6.50. The van der Waals surface area contributed by atoms with E-state index in [-0.39, 0.29) is 10.7 Å². The fourth-order valence-corrected chi connectivity index (χ4v) is 2.25. The minimum atomic E-state index is -0.455. The third-order valence-electron chi connectivity index (χ3n) is 2.96. The molecule has 0 heterocycles. The van der Waals surface area contributed by atoms with E-state index in [0.717, 1.165) is 12.1 Å². The normalized spacial score (nSPS) is 10.8. The van der Waals surface area contributed by atoms with Gasteiger partial charge in [0.15, 0.2) is 0 Å². The summed E-state index contributed by atoms with van der Waals surface area (Å²) >= 11 is 5.80. The number of nitro benzene ring substituents is 1. The summed E-state index contributed by atoms with van der Waals surface area (Å²) in [6.45, 7) is 1.42. The summed E-state index contributed by atoms with van der Waals surface area (Å²) in [6.07, 6.45) is 0. The Morgan fingerprint density at radius 2 is 1.75 bits per heavy atom. The summed E-state index contributed by atoms with van der Waals surface area (Å²) in [4.78, 5) is 12.5. The lowest BCUT2D eigenvalue weighted by Gasteiger charge is -2.16. The largest absolute Gasteiger partial charge is 0.298 e. The monoisotopic (exact) mass is 290 g/mol. The lowest BCUT2D eigenvalue weighted by Crippen LogP contribution is -2.17. The second-order valence-corrected chi connectivity index (χ2v) is 5.11. The van der Waals surface area contributed by atoms with Crippen molar-refractivity contribution in [3.8, 4) is 0 Å². The van der Waals surface area contributed by atoms with E-state index in [2.05, 4.69) is 17.0 Å². The van der Waals surface area contributed by atoms with Crippen molar-refractivity contribution in [3.63, 3.8) is 0 Å². The number of hydrogen-bond donors (Lipinski definition) is 0. The summed E-state index contributed by atoms with van der Waals surface area (Å²) in [5.74, 6) is 0. The zero-order valence-corrected chi connectivity index (χ0v) is 11.9. The van der Waals surface area contributed by atoms with Crippen molar-refractivity contribution in [1.29, 1.82) is 0 Å². The molecule has 2 rings (SSSR count). The van der Waals surface area contributed by atoms with Crippen molar-refractivity contribution >= 4 is 17.3 Å². The molecule has 0 atom stereocenters. The molecule has 0 aliphatic carbocycles. The van der Waals surface area contributed by atoms with Gasteiger partial charge in [-0.2, -0.15) is 0 Å². The molecule has 0 saturated heterocycles. The van der Waals surface area contributed by atoms with Gasteiger partial charge >= 0.3 is 0 Å². The van der Waals surface area contributed by atoms with Crippen molar-refractivity contribution in [2.75, 3.05) is 7.05 Å². The zero-order valence-electron chi connectivity index (χ0n) is 11.1. The summed E-state index contributed by atoms with van der Waals surface area (Å²) in [5.41, 5.74) is 2.04. The van der Waals surface area contributed by atoms with Crippen molar-refractivity contribution in [3.05, 3.63) is 74.8 Å². The Hall–Kier alpha value is -1.91. The molecule has 0 radical (unpaired) electrons. The van der Waals surface area contributed by atoms with E-state index in [0.29, 0.717) is 6.54 Å². The van der Waals surface area contributed by atoms with E-state index in [1.54, 1.807) is 6.07 Å². The molecule has 0 unspecified atom stereocenters. The van der Waals surface area contributed by atoms with Gasteiger partial charge in [-0.05, 0) is 24.2 Å². The van der Waals surface area contributed by atoms with Crippen LogP contribution in [0.15, 0.2) is 48.5 Å². The predicted molar refractivity (Wildman–Crippen MR) is 79.7 cm³/mol. The lowest BCUT2D eigenvalue weighted by atomic mass is 10.1. The molecule has 2 aromatic carbocycles. The highest BCUT2D eigenvalue weighted by atomic mass is 35.5. The maximum absolute atomic E-state index is 10.9. The highest BCUT2D eigenvalue weighted by molar-refractivity contribution is 6.32. The van der Waals surface area contributed by atoms with E-state index in [4.69, 9.17) is 11.6 Å². The Morgan fingerprint density at radius 3 is 2.40 bits per heavy atom. The molecule has 0 fully saturated rings. The first-order valence-corrected chi connectivity index (χ1v) is 6.59. The lowest BCUT2D eigenvalue weighted by molar-refractivity contribution is -0.384. The van der Waals surface area contributed by atoms with Crippen LogP contribution in [0.4, 0.5) is 5.69 Å². The van der Waals surface area contributed by atoms with E-state index in [1.807, 2.05) is 31.3 Å². The number of rotatable bonds is 5. The van der Waals surface area contributed by atoms with Gasteiger partial charge < -0.3 is 0 Å². The van der Waals surface area contributed by atoms with Crippen LogP contribution in [0, 0.1) is 10.1 Å². The van der Waals surface area contributed by atoms with E-state index < -0.39 is 4.92 Å². The zero-order chi connectivity index (χ0) is 14.5. The van der Waals surface area contributed by atoms with Crippen LogP contribution in [-0.2, 0) is 13.1 Å². The average molecular weight is 291 g/mol. The van der Waals surface area contributed by atoms with Gasteiger partial charge in [0.1, 0.15) is 5.02 Å². The number of nitro groups is 1. The quantitative estimate of drug-likeness (QED) is 0.620. The number of halogens is 1. The first-order valence-electron chi connectivity index (χ1n) is 6.21. The molecule has 2 aromatic rings. The van der Waals surface area contributed by atoms with Gasteiger partial charge in [0.25, 0.3) is 5.69 Å². The molecule has 0 spiro atoms. The van der Waals surface area contributed by atoms with Gasteiger partial charge in [-0.1, -0.05) is 48.0 Å². The number of benzene rings is 2. The van der Waals surface area contributed by atoms with Crippen molar-refractivity contribution in [2.24, 2.45) is 0 Å². The summed E-state index contributed by atoms with van der Waals surface area (Å²) in [7, 11) is 1.98. The molecule has 0 amide bonds. The van der Waals surface area contributed by atoms with E-state index >= 15 is 0 Å². The maximum Gasteiger partial charge on any atom is 0.288 e. The molecular formula is C15H15ClN2O2. The van der Waals surface area contributed by atoms with Crippen LogP contribution in [0.1, 0.15) is 11.1 Å². The van der Waals surface area contributed by atoms with Crippen LogP contribution < -0.4 is 0 Å². The smallest absolute Gasteiger partial charge is 0.288 e. The summed E-state index contributed by atoms with van der Waals surface area (Å²) in [5, 5.41) is 11.0. The Morgan fingerprint density at radius 1 is 1.10 bits per heavy atom. The van der Waals surface area contributed by atoms with Crippen LogP contribution in [0.3, 0.4) is 0 Å². The molecule has 4 nitrogen and oxygen atoms in total. The fourth-order valence-electron chi connectivity index (χ4n) is 2.06. The summed E-state index contributed by atoms with van der Waals surface area (Å²) in [6, 6.07) is 15.0. The third kappa shape index (κ3) is 3.79. The minimum Gasteiger partial charge on any atom is -0.298 e. The predicted octanol–water partition coefficient (Wildman–Crippen LogP) is 3.88. The molecule has 20 heavy (non-hydrogen) atoms. The van der Waals surface area contributed by atoms with Gasteiger partial charge in [0.2, 0.25) is 0 Å². The Kier molecular flexibility index (Phi) is 4.71. The first-order chi connectivity index (χ1) is 9.56. The van der Waals surface area contributed by atoms with Gasteiger partial charge in [0.05, 0.1) is 4.92 Å². The molecule has 5 heteroatoms. The molecule has 0 aromatic heterocycles. The van der Waals surface area contributed by atoms with Crippen molar-refractivity contribution in [1.82, 2.24) is 4.90 Å². The molecule has 0 aliphatic heterocycles. The molecule has 0 saturated carbocycles. The SMILES string of the molecule is CN(Cc1ccccc1)Cc1ccc(Cl)c([N+](=O)[O-])c1. The van der Waals surface area contributed by atoms with Gasteiger partial charge in [-0.25, -0.2) is 0 Å². The minimum absolute atomic E-state index is 0.0442. The Bertz CT molecular complexity index is 602.